The van der Waals surface area contributed by atoms with Crippen LogP contribution in [0.1, 0.15) is 42.4 Å². The van der Waals surface area contributed by atoms with Crippen LogP contribution < -0.4 is 5.32 Å². The zero-order chi connectivity index (χ0) is 19.6. The number of aromatic hydroxyl groups is 1. The van der Waals surface area contributed by atoms with Crippen LogP contribution in [0.5, 0.6) is 5.75 Å². The van der Waals surface area contributed by atoms with Crippen molar-refractivity contribution in [2.45, 2.75) is 32.7 Å². The van der Waals surface area contributed by atoms with Gasteiger partial charge in [-0.05, 0) is 34.7 Å². The molecule has 0 saturated carbocycles. The van der Waals surface area contributed by atoms with Gasteiger partial charge >= 0.3 is 0 Å². The Bertz CT molecular complexity index is 933. The summed E-state index contributed by atoms with van der Waals surface area (Å²) in [5.74, 6) is 0.0227. The Morgan fingerprint density at radius 1 is 1.07 bits per heavy atom. The largest absolute Gasteiger partial charge is 0.508 e. The minimum Gasteiger partial charge on any atom is -0.508 e. The second-order valence-electron chi connectivity index (χ2n) is 7.71. The summed E-state index contributed by atoms with van der Waals surface area (Å²) in [6.07, 6.45) is 0. The first kappa shape index (κ1) is 18.7. The molecule has 1 heterocycles. The van der Waals surface area contributed by atoms with E-state index in [9.17, 15) is 9.90 Å². The second-order valence-corrected chi connectivity index (χ2v) is 7.71. The van der Waals surface area contributed by atoms with Crippen LogP contribution in [0, 0.1) is 0 Å². The molecule has 0 saturated heterocycles. The van der Waals surface area contributed by atoms with Gasteiger partial charge in [-0.25, -0.2) is 0 Å². The van der Waals surface area contributed by atoms with E-state index in [2.05, 4.69) is 43.3 Å². The van der Waals surface area contributed by atoms with Crippen LogP contribution >= 0.6 is 0 Å². The minimum absolute atomic E-state index is 0.0991. The molecule has 1 amide bonds. The molecule has 0 bridgehead atoms. The molecule has 0 aliphatic rings. The number of phenols is 1. The molecule has 140 valence electrons. The summed E-state index contributed by atoms with van der Waals surface area (Å²) in [6.45, 7) is 6.93. The Morgan fingerprint density at radius 3 is 2.30 bits per heavy atom. The van der Waals surface area contributed by atoms with E-state index in [1.54, 1.807) is 42.1 Å². The maximum Gasteiger partial charge on any atom is 0.269 e. The number of hydrogen-bond donors (Lipinski definition) is 2. The number of aryl methyl sites for hydroxylation is 1. The van der Waals surface area contributed by atoms with Crippen LogP contribution in [0.2, 0.25) is 0 Å². The number of amides is 1. The molecule has 0 aliphatic heterocycles. The Labute approximate surface area is 159 Å². The fourth-order valence-electron chi connectivity index (χ4n) is 2.85. The lowest BCUT2D eigenvalue weighted by Crippen LogP contribution is -2.25. The molecule has 0 unspecified atom stereocenters. The van der Waals surface area contributed by atoms with E-state index in [1.165, 1.54) is 5.56 Å². The standard InChI is InChI=1S/C22H25N3O2/c1-22(2,3)17-9-7-16(8-10-17)19-13-20(25(4)24-19)21(27)23-14-15-5-11-18(26)12-6-15/h5-13,26H,14H2,1-4H3,(H,23,27). The van der Waals surface area contributed by atoms with Gasteiger partial charge in [-0.3, -0.25) is 9.48 Å². The van der Waals surface area contributed by atoms with Gasteiger partial charge in [-0.1, -0.05) is 57.2 Å². The Hall–Kier alpha value is -3.08. The maximum absolute atomic E-state index is 12.5. The molecule has 5 nitrogen and oxygen atoms in total. The molecule has 0 spiro atoms. The van der Waals surface area contributed by atoms with Crippen molar-refractivity contribution in [3.63, 3.8) is 0 Å². The summed E-state index contributed by atoms with van der Waals surface area (Å²) in [6, 6.07) is 16.9. The molecule has 2 aromatic carbocycles. The molecule has 0 aliphatic carbocycles. The number of nitrogens with zero attached hydrogens (tertiary/aromatic N) is 2. The average Bonchev–Trinajstić information content (AvgIpc) is 3.02. The third-order valence-corrected chi connectivity index (χ3v) is 4.55. The van der Waals surface area contributed by atoms with Gasteiger partial charge in [0.2, 0.25) is 0 Å². The topological polar surface area (TPSA) is 67.2 Å². The molecule has 0 fully saturated rings. The molecule has 27 heavy (non-hydrogen) atoms. The van der Waals surface area contributed by atoms with Crippen LogP contribution in [0.3, 0.4) is 0 Å². The third-order valence-electron chi connectivity index (χ3n) is 4.55. The number of nitrogens with one attached hydrogen (secondary N) is 1. The van der Waals surface area contributed by atoms with Crippen molar-refractivity contribution in [1.82, 2.24) is 15.1 Å². The zero-order valence-electron chi connectivity index (χ0n) is 16.2. The van der Waals surface area contributed by atoms with Gasteiger partial charge in [0.25, 0.3) is 5.91 Å². The summed E-state index contributed by atoms with van der Waals surface area (Å²) in [4.78, 5) is 12.5. The van der Waals surface area contributed by atoms with Crippen molar-refractivity contribution in [3.8, 4) is 17.0 Å². The lowest BCUT2D eigenvalue weighted by molar-refractivity contribution is 0.0941. The zero-order valence-corrected chi connectivity index (χ0v) is 16.2. The van der Waals surface area contributed by atoms with Crippen LogP contribution in [0.4, 0.5) is 0 Å². The SMILES string of the molecule is Cn1nc(-c2ccc(C(C)(C)C)cc2)cc1C(=O)NCc1ccc(O)cc1. The van der Waals surface area contributed by atoms with Gasteiger partial charge in [-0.15, -0.1) is 0 Å². The predicted octanol–water partition coefficient (Wildman–Crippen LogP) is 4.02. The van der Waals surface area contributed by atoms with E-state index < -0.39 is 0 Å². The molecular weight excluding hydrogens is 338 g/mol. The van der Waals surface area contributed by atoms with Gasteiger partial charge in [0.1, 0.15) is 11.4 Å². The fraction of sp³-hybridized carbons (Fsp3) is 0.273. The maximum atomic E-state index is 12.5. The quantitative estimate of drug-likeness (QED) is 0.736. The third kappa shape index (κ3) is 4.37. The van der Waals surface area contributed by atoms with Crippen LogP contribution in [-0.4, -0.2) is 20.8 Å². The number of hydrogen-bond acceptors (Lipinski definition) is 3. The fourth-order valence-corrected chi connectivity index (χ4v) is 2.85. The van der Waals surface area contributed by atoms with E-state index in [4.69, 9.17) is 0 Å². The van der Waals surface area contributed by atoms with Crippen molar-refractivity contribution >= 4 is 5.91 Å². The average molecular weight is 363 g/mol. The van der Waals surface area contributed by atoms with E-state index in [0.29, 0.717) is 12.2 Å². The number of carbonyl (C=O) groups excluding carboxylic acids is 1. The van der Waals surface area contributed by atoms with Crippen molar-refractivity contribution in [3.05, 3.63) is 71.4 Å². The molecular formula is C22H25N3O2. The lowest BCUT2D eigenvalue weighted by Gasteiger charge is -2.18. The first-order valence-corrected chi connectivity index (χ1v) is 8.95. The highest BCUT2D eigenvalue weighted by Gasteiger charge is 2.16. The highest BCUT2D eigenvalue weighted by Crippen LogP contribution is 2.26. The normalized spacial score (nSPS) is 11.4. The Balaban J connectivity index is 1.73. The van der Waals surface area contributed by atoms with E-state index in [-0.39, 0.29) is 17.1 Å². The lowest BCUT2D eigenvalue weighted by atomic mass is 9.86. The van der Waals surface area contributed by atoms with Crippen molar-refractivity contribution in [1.29, 1.82) is 0 Å². The highest BCUT2D eigenvalue weighted by atomic mass is 16.3. The van der Waals surface area contributed by atoms with Gasteiger partial charge in [0, 0.05) is 19.2 Å². The summed E-state index contributed by atoms with van der Waals surface area (Å²) in [7, 11) is 1.77. The highest BCUT2D eigenvalue weighted by molar-refractivity contribution is 5.93. The number of benzene rings is 2. The summed E-state index contributed by atoms with van der Waals surface area (Å²) < 4.78 is 1.60. The molecule has 1 aromatic heterocycles. The molecule has 0 atom stereocenters. The van der Waals surface area contributed by atoms with Crippen LogP contribution in [-0.2, 0) is 19.0 Å². The predicted molar refractivity (Wildman–Crippen MR) is 107 cm³/mol. The van der Waals surface area contributed by atoms with E-state index in [1.807, 2.05) is 12.1 Å². The first-order valence-electron chi connectivity index (χ1n) is 8.95. The van der Waals surface area contributed by atoms with Gasteiger partial charge in [0.15, 0.2) is 0 Å². The number of rotatable bonds is 4. The molecule has 3 aromatic rings. The minimum atomic E-state index is -0.185. The molecule has 3 rings (SSSR count). The first-order chi connectivity index (χ1) is 12.7. The van der Waals surface area contributed by atoms with Gasteiger partial charge in [0.05, 0.1) is 5.69 Å². The summed E-state index contributed by atoms with van der Waals surface area (Å²) in [5.41, 5.74) is 4.53. The monoisotopic (exact) mass is 363 g/mol. The van der Waals surface area contributed by atoms with Crippen LogP contribution in [0.15, 0.2) is 54.6 Å². The number of aromatic nitrogens is 2. The van der Waals surface area contributed by atoms with E-state index >= 15 is 0 Å². The number of carbonyl (C=O) groups is 1. The Kier molecular flexibility index (Phi) is 5.04. The second kappa shape index (κ2) is 7.27. The van der Waals surface area contributed by atoms with Gasteiger partial charge in [-0.2, -0.15) is 5.10 Å². The summed E-state index contributed by atoms with van der Waals surface area (Å²) >= 11 is 0. The molecule has 0 radical (unpaired) electrons. The summed E-state index contributed by atoms with van der Waals surface area (Å²) in [5, 5.41) is 16.7. The van der Waals surface area contributed by atoms with Crippen molar-refractivity contribution in [2.24, 2.45) is 7.05 Å². The smallest absolute Gasteiger partial charge is 0.269 e. The van der Waals surface area contributed by atoms with E-state index in [0.717, 1.165) is 16.8 Å². The van der Waals surface area contributed by atoms with Crippen molar-refractivity contribution < 1.29 is 9.90 Å². The van der Waals surface area contributed by atoms with Crippen molar-refractivity contribution in [2.75, 3.05) is 0 Å². The number of phenolic OH excluding ortho intramolecular Hbond substituents is 1. The molecule has 2 N–H and O–H groups in total. The molecule has 5 heteroatoms. The van der Waals surface area contributed by atoms with Gasteiger partial charge < -0.3 is 10.4 Å². The Morgan fingerprint density at radius 2 is 1.70 bits per heavy atom. The van der Waals surface area contributed by atoms with Crippen LogP contribution in [0.25, 0.3) is 11.3 Å².